The van der Waals surface area contributed by atoms with Crippen LogP contribution < -0.4 is 0 Å². The smallest absolute Gasteiger partial charge is 0.239 e. The molecule has 1 amide bonds. The number of rotatable bonds is 4. The van der Waals surface area contributed by atoms with Crippen LogP contribution in [-0.2, 0) is 16.1 Å². The Kier molecular flexibility index (Phi) is 4.78. The summed E-state index contributed by atoms with van der Waals surface area (Å²) in [7, 11) is 0. The van der Waals surface area contributed by atoms with Crippen molar-refractivity contribution in [3.63, 3.8) is 0 Å². The number of amides is 1. The second kappa shape index (κ2) is 6.79. The summed E-state index contributed by atoms with van der Waals surface area (Å²) in [6.07, 6.45) is 6.08. The van der Waals surface area contributed by atoms with E-state index in [-0.39, 0.29) is 18.0 Å². The summed E-state index contributed by atoms with van der Waals surface area (Å²) in [5.41, 5.74) is 1.16. The molecular formula is C16H26N4O2. The maximum absolute atomic E-state index is 12.9. The lowest BCUT2D eigenvalue weighted by Gasteiger charge is -2.35. The molecule has 2 aliphatic rings. The van der Waals surface area contributed by atoms with Crippen LogP contribution >= 0.6 is 0 Å². The van der Waals surface area contributed by atoms with Gasteiger partial charge in [0.05, 0.1) is 38.0 Å². The molecule has 6 heteroatoms. The third-order valence-electron chi connectivity index (χ3n) is 4.77. The molecule has 122 valence electrons. The molecule has 3 heterocycles. The van der Waals surface area contributed by atoms with Crippen LogP contribution in [0.2, 0.25) is 0 Å². The molecule has 1 aromatic rings. The van der Waals surface area contributed by atoms with Gasteiger partial charge in [-0.15, -0.1) is 0 Å². The molecule has 6 nitrogen and oxygen atoms in total. The number of hydrogen-bond acceptors (Lipinski definition) is 4. The highest BCUT2D eigenvalue weighted by atomic mass is 16.5. The summed E-state index contributed by atoms with van der Waals surface area (Å²) >= 11 is 0. The standard InChI is InChI=1S/C16H26N4O2/c1-13-10-17-19(11-13)12-15-4-3-5-20(15)16(21)14(2)18-6-8-22-9-7-18/h10-11,14-15H,3-9,12H2,1-2H3/t14-,15-/m0/s1. The lowest BCUT2D eigenvalue weighted by molar-refractivity contribution is -0.139. The molecule has 0 saturated carbocycles. The van der Waals surface area contributed by atoms with E-state index < -0.39 is 0 Å². The normalized spacial score (nSPS) is 24.6. The number of nitrogens with zero attached hydrogens (tertiary/aromatic N) is 4. The van der Waals surface area contributed by atoms with Crippen LogP contribution in [0.25, 0.3) is 0 Å². The number of hydrogen-bond donors (Lipinski definition) is 0. The van der Waals surface area contributed by atoms with Gasteiger partial charge in [0.2, 0.25) is 5.91 Å². The van der Waals surface area contributed by atoms with Gasteiger partial charge in [-0.3, -0.25) is 14.4 Å². The molecule has 0 unspecified atom stereocenters. The number of aryl methyl sites for hydroxylation is 1. The summed E-state index contributed by atoms with van der Waals surface area (Å²) in [5.74, 6) is 0.258. The molecular weight excluding hydrogens is 280 g/mol. The second-order valence-electron chi connectivity index (χ2n) is 6.39. The first kappa shape index (κ1) is 15.5. The van der Waals surface area contributed by atoms with Crippen LogP contribution in [0.4, 0.5) is 0 Å². The number of ether oxygens (including phenoxy) is 1. The molecule has 2 aliphatic heterocycles. The van der Waals surface area contributed by atoms with Crippen molar-refractivity contribution in [3.8, 4) is 0 Å². The maximum atomic E-state index is 12.9. The van der Waals surface area contributed by atoms with Gasteiger partial charge in [0, 0.05) is 25.8 Å². The fourth-order valence-electron chi connectivity index (χ4n) is 3.46. The van der Waals surface area contributed by atoms with E-state index >= 15 is 0 Å². The molecule has 2 fully saturated rings. The quantitative estimate of drug-likeness (QED) is 0.829. The predicted octanol–water partition coefficient (Wildman–Crippen LogP) is 0.903. The highest BCUT2D eigenvalue weighted by molar-refractivity contribution is 5.82. The number of aromatic nitrogens is 2. The first-order valence-electron chi connectivity index (χ1n) is 8.26. The highest BCUT2D eigenvalue weighted by Gasteiger charge is 2.34. The Bertz CT molecular complexity index is 510. The SMILES string of the molecule is Cc1cnn(C[C@@H]2CCCN2C(=O)[C@H](C)N2CCOCC2)c1. The van der Waals surface area contributed by atoms with E-state index in [9.17, 15) is 4.79 Å². The molecule has 2 atom stereocenters. The summed E-state index contributed by atoms with van der Waals surface area (Å²) < 4.78 is 7.34. The summed E-state index contributed by atoms with van der Waals surface area (Å²) in [4.78, 5) is 17.2. The van der Waals surface area contributed by atoms with Gasteiger partial charge >= 0.3 is 0 Å². The topological polar surface area (TPSA) is 50.6 Å². The zero-order chi connectivity index (χ0) is 15.5. The van der Waals surface area contributed by atoms with Crippen LogP contribution in [0, 0.1) is 6.92 Å². The summed E-state index contributed by atoms with van der Waals surface area (Å²) in [6, 6.07) is 0.221. The minimum atomic E-state index is -0.0520. The van der Waals surface area contributed by atoms with Crippen LogP contribution in [0.5, 0.6) is 0 Å². The predicted molar refractivity (Wildman–Crippen MR) is 83.6 cm³/mol. The molecule has 2 saturated heterocycles. The average molecular weight is 306 g/mol. The van der Waals surface area contributed by atoms with Crippen molar-refractivity contribution >= 4 is 5.91 Å². The van der Waals surface area contributed by atoms with E-state index in [0.717, 1.165) is 57.8 Å². The fourth-order valence-corrected chi connectivity index (χ4v) is 3.46. The largest absolute Gasteiger partial charge is 0.379 e. The van der Waals surface area contributed by atoms with Crippen LogP contribution in [0.3, 0.4) is 0 Å². The van der Waals surface area contributed by atoms with Crippen molar-refractivity contribution in [2.75, 3.05) is 32.8 Å². The van der Waals surface area contributed by atoms with Gasteiger partial charge in [-0.05, 0) is 32.3 Å². The molecule has 0 aromatic carbocycles. The Hall–Kier alpha value is -1.40. The molecule has 3 rings (SSSR count). The third kappa shape index (κ3) is 3.33. The number of likely N-dealkylation sites (tertiary alicyclic amines) is 1. The van der Waals surface area contributed by atoms with Crippen molar-refractivity contribution < 1.29 is 9.53 Å². The third-order valence-corrected chi connectivity index (χ3v) is 4.77. The highest BCUT2D eigenvalue weighted by Crippen LogP contribution is 2.21. The van der Waals surface area contributed by atoms with E-state index in [0.29, 0.717) is 0 Å². The summed E-state index contributed by atoms with van der Waals surface area (Å²) in [6.45, 7) is 8.91. The minimum Gasteiger partial charge on any atom is -0.379 e. The van der Waals surface area contributed by atoms with Crippen LogP contribution in [0.1, 0.15) is 25.3 Å². The maximum Gasteiger partial charge on any atom is 0.239 e. The summed E-state index contributed by atoms with van der Waals surface area (Å²) in [5, 5.41) is 4.36. The van der Waals surface area contributed by atoms with E-state index in [1.165, 1.54) is 0 Å². The lowest BCUT2D eigenvalue weighted by atomic mass is 10.2. The first-order chi connectivity index (χ1) is 10.6. The Morgan fingerprint density at radius 3 is 2.86 bits per heavy atom. The molecule has 0 bridgehead atoms. The number of carbonyl (C=O) groups excluding carboxylic acids is 1. The van der Waals surface area contributed by atoms with Crippen molar-refractivity contribution in [1.29, 1.82) is 0 Å². The molecule has 0 N–H and O–H groups in total. The van der Waals surface area contributed by atoms with E-state index in [4.69, 9.17) is 4.74 Å². The van der Waals surface area contributed by atoms with Gasteiger partial charge in [0.25, 0.3) is 0 Å². The Morgan fingerprint density at radius 2 is 2.18 bits per heavy atom. The lowest BCUT2D eigenvalue weighted by Crippen LogP contribution is -2.52. The van der Waals surface area contributed by atoms with Crippen LogP contribution in [0.15, 0.2) is 12.4 Å². The van der Waals surface area contributed by atoms with Crippen molar-refractivity contribution in [1.82, 2.24) is 19.6 Å². The monoisotopic (exact) mass is 306 g/mol. The Balaban J connectivity index is 1.62. The molecule has 0 radical (unpaired) electrons. The van der Waals surface area contributed by atoms with Gasteiger partial charge in [-0.1, -0.05) is 0 Å². The second-order valence-corrected chi connectivity index (χ2v) is 6.39. The molecule has 1 aromatic heterocycles. The van der Waals surface area contributed by atoms with Gasteiger partial charge in [0.15, 0.2) is 0 Å². The fraction of sp³-hybridized carbons (Fsp3) is 0.750. The van der Waals surface area contributed by atoms with E-state index in [1.807, 2.05) is 30.9 Å². The van der Waals surface area contributed by atoms with Crippen molar-refractivity contribution in [2.45, 2.75) is 45.3 Å². The van der Waals surface area contributed by atoms with E-state index in [1.54, 1.807) is 0 Å². The van der Waals surface area contributed by atoms with Crippen molar-refractivity contribution in [2.24, 2.45) is 0 Å². The molecule has 22 heavy (non-hydrogen) atoms. The minimum absolute atomic E-state index is 0.0520. The van der Waals surface area contributed by atoms with Gasteiger partial charge in [-0.2, -0.15) is 5.10 Å². The number of carbonyl (C=O) groups is 1. The average Bonchev–Trinajstić information content (AvgIpc) is 3.16. The Labute approximate surface area is 132 Å². The first-order valence-corrected chi connectivity index (χ1v) is 8.26. The number of morpholine rings is 1. The van der Waals surface area contributed by atoms with Gasteiger partial charge in [0.1, 0.15) is 0 Å². The zero-order valence-electron chi connectivity index (χ0n) is 13.6. The Morgan fingerprint density at radius 1 is 1.41 bits per heavy atom. The zero-order valence-corrected chi connectivity index (χ0v) is 13.6. The van der Waals surface area contributed by atoms with Gasteiger partial charge < -0.3 is 9.64 Å². The molecule has 0 aliphatic carbocycles. The van der Waals surface area contributed by atoms with E-state index in [2.05, 4.69) is 14.9 Å². The van der Waals surface area contributed by atoms with Gasteiger partial charge in [-0.25, -0.2) is 0 Å². The van der Waals surface area contributed by atoms with Crippen molar-refractivity contribution in [3.05, 3.63) is 18.0 Å². The van der Waals surface area contributed by atoms with Crippen LogP contribution in [-0.4, -0.2) is 70.4 Å². The molecule has 0 spiro atoms.